The van der Waals surface area contributed by atoms with Crippen LogP contribution < -0.4 is 10.6 Å². The van der Waals surface area contributed by atoms with Crippen molar-refractivity contribution in [3.8, 4) is 0 Å². The SMILES string of the molecule is COC(=O)c1cccc(Nc2cc(NCCc3ccc(Cl)cc3)nc(C)n2)c1. The van der Waals surface area contributed by atoms with Crippen LogP contribution in [0, 0.1) is 6.92 Å². The number of carbonyl (C=O) groups excluding carboxylic acids is 1. The maximum atomic E-state index is 11.7. The highest BCUT2D eigenvalue weighted by molar-refractivity contribution is 6.30. The molecule has 1 aromatic heterocycles. The molecule has 6 nitrogen and oxygen atoms in total. The topological polar surface area (TPSA) is 76.1 Å². The molecular weight excluding hydrogens is 376 g/mol. The fourth-order valence-corrected chi connectivity index (χ4v) is 2.82. The van der Waals surface area contributed by atoms with Gasteiger partial charge in [-0.15, -0.1) is 0 Å². The maximum absolute atomic E-state index is 11.7. The quantitative estimate of drug-likeness (QED) is 0.567. The van der Waals surface area contributed by atoms with E-state index in [4.69, 9.17) is 16.3 Å². The van der Waals surface area contributed by atoms with Crippen molar-refractivity contribution in [2.24, 2.45) is 0 Å². The lowest BCUT2D eigenvalue weighted by Crippen LogP contribution is -2.08. The van der Waals surface area contributed by atoms with Gasteiger partial charge in [0.15, 0.2) is 0 Å². The normalized spacial score (nSPS) is 10.4. The van der Waals surface area contributed by atoms with Crippen molar-refractivity contribution in [3.05, 3.63) is 76.6 Å². The summed E-state index contributed by atoms with van der Waals surface area (Å²) in [6.07, 6.45) is 0.851. The third-order valence-corrected chi connectivity index (χ3v) is 4.28. The lowest BCUT2D eigenvalue weighted by Gasteiger charge is -2.11. The number of hydrogen-bond donors (Lipinski definition) is 2. The maximum Gasteiger partial charge on any atom is 0.337 e. The predicted molar refractivity (Wildman–Crippen MR) is 111 cm³/mol. The molecule has 144 valence electrons. The zero-order chi connectivity index (χ0) is 19.9. The predicted octanol–water partition coefficient (Wildman–Crippen LogP) is 4.62. The Morgan fingerprint density at radius 1 is 1.07 bits per heavy atom. The van der Waals surface area contributed by atoms with Gasteiger partial charge in [-0.2, -0.15) is 0 Å². The summed E-state index contributed by atoms with van der Waals surface area (Å²) in [5.41, 5.74) is 2.41. The van der Waals surface area contributed by atoms with Crippen molar-refractivity contribution < 1.29 is 9.53 Å². The first kappa shape index (κ1) is 19.6. The molecule has 0 aliphatic carbocycles. The Kier molecular flexibility index (Phi) is 6.45. The van der Waals surface area contributed by atoms with Gasteiger partial charge in [0.05, 0.1) is 12.7 Å². The summed E-state index contributed by atoms with van der Waals surface area (Å²) in [5, 5.41) is 7.25. The number of aromatic nitrogens is 2. The molecule has 0 atom stereocenters. The van der Waals surface area contributed by atoms with Gasteiger partial charge in [0.2, 0.25) is 0 Å². The highest BCUT2D eigenvalue weighted by Crippen LogP contribution is 2.19. The molecule has 7 heteroatoms. The second-order valence-electron chi connectivity index (χ2n) is 6.19. The number of rotatable bonds is 7. The third kappa shape index (κ3) is 5.44. The Labute approximate surface area is 168 Å². The van der Waals surface area contributed by atoms with E-state index in [2.05, 4.69) is 20.6 Å². The molecule has 0 fully saturated rings. The van der Waals surface area contributed by atoms with E-state index in [-0.39, 0.29) is 5.97 Å². The van der Waals surface area contributed by atoms with Crippen LogP contribution in [0.15, 0.2) is 54.6 Å². The molecule has 2 N–H and O–H groups in total. The molecule has 0 spiro atoms. The van der Waals surface area contributed by atoms with Gasteiger partial charge in [0.25, 0.3) is 0 Å². The van der Waals surface area contributed by atoms with E-state index in [0.29, 0.717) is 17.2 Å². The lowest BCUT2D eigenvalue weighted by molar-refractivity contribution is 0.0601. The molecule has 2 aromatic carbocycles. The lowest BCUT2D eigenvalue weighted by atomic mass is 10.1. The van der Waals surface area contributed by atoms with E-state index < -0.39 is 0 Å². The number of hydrogen-bond acceptors (Lipinski definition) is 6. The van der Waals surface area contributed by atoms with Crippen molar-refractivity contribution in [1.82, 2.24) is 9.97 Å². The largest absolute Gasteiger partial charge is 0.465 e. The van der Waals surface area contributed by atoms with Crippen LogP contribution in [0.5, 0.6) is 0 Å². The molecule has 3 aromatic rings. The molecule has 0 amide bonds. The van der Waals surface area contributed by atoms with Crippen molar-refractivity contribution in [3.63, 3.8) is 0 Å². The van der Waals surface area contributed by atoms with Crippen LogP contribution in [-0.4, -0.2) is 29.6 Å². The van der Waals surface area contributed by atoms with E-state index in [1.54, 1.807) is 18.2 Å². The van der Waals surface area contributed by atoms with Gasteiger partial charge in [-0.25, -0.2) is 14.8 Å². The number of anilines is 3. The Balaban J connectivity index is 1.66. The second kappa shape index (κ2) is 9.19. The molecule has 3 rings (SSSR count). The molecule has 0 radical (unpaired) electrons. The van der Waals surface area contributed by atoms with Crippen molar-refractivity contribution >= 4 is 34.9 Å². The number of methoxy groups -OCH3 is 1. The van der Waals surface area contributed by atoms with Gasteiger partial charge < -0.3 is 15.4 Å². The van der Waals surface area contributed by atoms with Crippen LogP contribution in [-0.2, 0) is 11.2 Å². The first-order valence-electron chi connectivity index (χ1n) is 8.83. The average molecular weight is 397 g/mol. The van der Waals surface area contributed by atoms with Gasteiger partial charge in [-0.05, 0) is 49.2 Å². The van der Waals surface area contributed by atoms with E-state index in [1.165, 1.54) is 12.7 Å². The monoisotopic (exact) mass is 396 g/mol. The van der Waals surface area contributed by atoms with E-state index in [0.717, 1.165) is 29.5 Å². The van der Waals surface area contributed by atoms with Crippen molar-refractivity contribution in [1.29, 1.82) is 0 Å². The molecule has 0 unspecified atom stereocenters. The summed E-state index contributed by atoms with van der Waals surface area (Å²) in [5.74, 6) is 1.63. The fourth-order valence-electron chi connectivity index (χ4n) is 2.70. The Morgan fingerprint density at radius 3 is 2.57 bits per heavy atom. The molecule has 0 bridgehead atoms. The number of ether oxygens (including phenoxy) is 1. The molecular formula is C21H21ClN4O2. The summed E-state index contributed by atoms with van der Waals surface area (Å²) in [6.45, 7) is 2.57. The fraction of sp³-hybridized carbons (Fsp3) is 0.190. The Bertz CT molecular complexity index is 961. The van der Waals surface area contributed by atoms with Gasteiger partial charge in [0.1, 0.15) is 17.5 Å². The zero-order valence-electron chi connectivity index (χ0n) is 15.7. The van der Waals surface area contributed by atoms with Gasteiger partial charge >= 0.3 is 5.97 Å². The van der Waals surface area contributed by atoms with Crippen LogP contribution in [0.4, 0.5) is 17.3 Å². The number of aryl methyl sites for hydroxylation is 1. The van der Waals surface area contributed by atoms with Crippen molar-refractivity contribution in [2.75, 3.05) is 24.3 Å². The number of halogens is 1. The molecule has 28 heavy (non-hydrogen) atoms. The summed E-state index contributed by atoms with van der Waals surface area (Å²) < 4.78 is 4.76. The van der Waals surface area contributed by atoms with E-state index in [1.807, 2.05) is 43.3 Å². The Morgan fingerprint density at radius 2 is 1.82 bits per heavy atom. The molecule has 1 heterocycles. The smallest absolute Gasteiger partial charge is 0.337 e. The standard InChI is InChI=1S/C21H21ClN4O2/c1-14-24-19(23-11-10-15-6-8-17(22)9-7-15)13-20(25-14)26-18-5-3-4-16(12-18)21(27)28-2/h3-9,12-13H,10-11H2,1-2H3,(H2,23,24,25,26). The minimum absolute atomic E-state index is 0.382. The number of nitrogens with zero attached hydrogens (tertiary/aromatic N) is 2. The van der Waals surface area contributed by atoms with Gasteiger partial charge in [-0.3, -0.25) is 0 Å². The van der Waals surface area contributed by atoms with Crippen LogP contribution in [0.2, 0.25) is 5.02 Å². The van der Waals surface area contributed by atoms with Gasteiger partial charge in [-0.1, -0.05) is 29.8 Å². The van der Waals surface area contributed by atoms with Crippen LogP contribution in [0.3, 0.4) is 0 Å². The highest BCUT2D eigenvalue weighted by Gasteiger charge is 2.07. The number of esters is 1. The van der Waals surface area contributed by atoms with Crippen LogP contribution in [0.1, 0.15) is 21.7 Å². The van der Waals surface area contributed by atoms with E-state index in [9.17, 15) is 4.79 Å². The molecule has 0 aliphatic rings. The molecule has 0 aliphatic heterocycles. The zero-order valence-corrected chi connectivity index (χ0v) is 16.5. The summed E-state index contributed by atoms with van der Waals surface area (Å²) >= 11 is 5.91. The summed E-state index contributed by atoms with van der Waals surface area (Å²) in [6, 6.07) is 16.7. The number of nitrogens with one attached hydrogen (secondary N) is 2. The Hall–Kier alpha value is -3.12. The van der Waals surface area contributed by atoms with Crippen molar-refractivity contribution in [2.45, 2.75) is 13.3 Å². The van der Waals surface area contributed by atoms with E-state index >= 15 is 0 Å². The molecule has 0 saturated heterocycles. The molecule has 0 saturated carbocycles. The summed E-state index contributed by atoms with van der Waals surface area (Å²) in [4.78, 5) is 20.5. The summed E-state index contributed by atoms with van der Waals surface area (Å²) in [7, 11) is 1.36. The second-order valence-corrected chi connectivity index (χ2v) is 6.62. The van der Waals surface area contributed by atoms with Gasteiger partial charge in [0, 0.05) is 23.3 Å². The minimum atomic E-state index is -0.382. The number of benzene rings is 2. The first-order valence-corrected chi connectivity index (χ1v) is 9.21. The van der Waals surface area contributed by atoms with Crippen LogP contribution in [0.25, 0.3) is 0 Å². The third-order valence-electron chi connectivity index (χ3n) is 4.03. The number of carbonyl (C=O) groups is 1. The first-order chi connectivity index (χ1) is 13.5. The van der Waals surface area contributed by atoms with Crippen LogP contribution >= 0.6 is 11.6 Å². The highest BCUT2D eigenvalue weighted by atomic mass is 35.5. The minimum Gasteiger partial charge on any atom is -0.465 e. The average Bonchev–Trinajstić information content (AvgIpc) is 2.68.